The molecule has 2 aliphatic rings. The van der Waals surface area contributed by atoms with Gasteiger partial charge >= 0.3 is 5.97 Å². The highest BCUT2D eigenvalue weighted by Gasteiger charge is 2.47. The summed E-state index contributed by atoms with van der Waals surface area (Å²) in [7, 11) is -1.73. The molecule has 184 valence electrons. The molecule has 1 aromatic rings. The van der Waals surface area contributed by atoms with Gasteiger partial charge in [0.25, 0.3) is 0 Å². The third-order valence-corrected chi connectivity index (χ3v) is 12.8. The summed E-state index contributed by atoms with van der Waals surface area (Å²) in [5, 5.41) is 4.29. The van der Waals surface area contributed by atoms with Crippen molar-refractivity contribution in [1.29, 1.82) is 0 Å². The maximum Gasteiger partial charge on any atom is 0.333 e. The van der Waals surface area contributed by atoms with Crippen molar-refractivity contribution >= 4 is 14.3 Å². The number of nitrogens with one attached hydrogen (secondary N) is 1. The highest BCUT2D eigenvalue weighted by atomic mass is 28.4. The Kier molecular flexibility index (Phi) is 8.63. The molecular weight excluding hydrogens is 426 g/mol. The van der Waals surface area contributed by atoms with E-state index in [4.69, 9.17) is 9.16 Å². The molecule has 33 heavy (non-hydrogen) atoms. The number of benzene rings is 1. The predicted octanol–water partition coefficient (Wildman–Crippen LogP) is 6.77. The van der Waals surface area contributed by atoms with Gasteiger partial charge < -0.3 is 14.5 Å². The average molecular weight is 472 g/mol. The third kappa shape index (κ3) is 6.80. The molecule has 1 aromatic carbocycles. The molecule has 1 spiro atoms. The van der Waals surface area contributed by atoms with Gasteiger partial charge in [-0.05, 0) is 68.6 Å². The van der Waals surface area contributed by atoms with Gasteiger partial charge in [0.2, 0.25) is 0 Å². The fourth-order valence-electron chi connectivity index (χ4n) is 5.06. The fourth-order valence-corrected chi connectivity index (χ4v) is 6.11. The third-order valence-electron chi connectivity index (χ3n) is 8.32. The second-order valence-electron chi connectivity index (χ2n) is 11.7. The van der Waals surface area contributed by atoms with Crippen molar-refractivity contribution in [3.05, 3.63) is 47.5 Å². The van der Waals surface area contributed by atoms with Crippen LogP contribution < -0.4 is 5.32 Å². The zero-order valence-corrected chi connectivity index (χ0v) is 22.7. The molecule has 1 N–H and O–H groups in total. The first-order valence-electron chi connectivity index (χ1n) is 12.8. The first kappa shape index (κ1) is 26.2. The summed E-state index contributed by atoms with van der Waals surface area (Å²) in [6.45, 7) is 14.8. The normalized spacial score (nSPS) is 26.5. The first-order valence-corrected chi connectivity index (χ1v) is 15.7. The van der Waals surface area contributed by atoms with E-state index in [1.807, 2.05) is 37.3 Å². The van der Waals surface area contributed by atoms with Gasteiger partial charge in [-0.15, -0.1) is 0 Å². The number of carbonyl (C=O) groups excluding carboxylic acids is 1. The Balaban J connectivity index is 1.53. The van der Waals surface area contributed by atoms with Crippen LogP contribution in [0.4, 0.5) is 0 Å². The van der Waals surface area contributed by atoms with Crippen molar-refractivity contribution in [1.82, 2.24) is 5.32 Å². The summed E-state index contributed by atoms with van der Waals surface area (Å²) < 4.78 is 12.2. The minimum atomic E-state index is -1.73. The highest BCUT2D eigenvalue weighted by molar-refractivity contribution is 6.74. The zero-order chi connectivity index (χ0) is 24.1. The molecule has 1 saturated heterocycles. The Morgan fingerprint density at radius 3 is 2.48 bits per heavy atom. The second-order valence-corrected chi connectivity index (χ2v) is 16.5. The Morgan fingerprint density at radius 2 is 1.82 bits per heavy atom. The molecule has 4 nitrogen and oxygen atoms in total. The number of piperidine rings is 1. The van der Waals surface area contributed by atoms with Crippen LogP contribution in [0.25, 0.3) is 0 Å². The molecule has 0 amide bonds. The number of ether oxygens (including phenoxy) is 1. The van der Waals surface area contributed by atoms with Crippen molar-refractivity contribution in [2.45, 2.75) is 109 Å². The lowest BCUT2D eigenvalue weighted by atomic mass is 9.78. The van der Waals surface area contributed by atoms with Crippen LogP contribution in [0.5, 0.6) is 0 Å². The molecule has 2 fully saturated rings. The van der Waals surface area contributed by atoms with Gasteiger partial charge in [-0.3, -0.25) is 0 Å². The maximum atomic E-state index is 12.4. The van der Waals surface area contributed by atoms with E-state index in [0.717, 1.165) is 18.6 Å². The van der Waals surface area contributed by atoms with E-state index in [-0.39, 0.29) is 16.5 Å². The summed E-state index contributed by atoms with van der Waals surface area (Å²) >= 11 is 0. The van der Waals surface area contributed by atoms with Crippen molar-refractivity contribution in [3.8, 4) is 0 Å². The SMILES string of the molecule is C/C(=C\C[C@H]1CCC[C@]2(CCC[C@@H]2CO[Si](C)(C)C(C)(C)C)N1)C(=O)OCc1ccccc1. The quantitative estimate of drug-likeness (QED) is 0.258. The predicted molar refractivity (Wildman–Crippen MR) is 139 cm³/mol. The lowest BCUT2D eigenvalue weighted by Crippen LogP contribution is -2.57. The number of rotatable bonds is 8. The summed E-state index contributed by atoms with van der Waals surface area (Å²) in [5.74, 6) is 0.376. The molecular formula is C28H45NO3Si. The number of hydrogen-bond donors (Lipinski definition) is 1. The van der Waals surface area contributed by atoms with E-state index in [9.17, 15) is 4.79 Å². The number of esters is 1. The van der Waals surface area contributed by atoms with Crippen LogP contribution in [0.1, 0.15) is 78.2 Å². The van der Waals surface area contributed by atoms with E-state index in [0.29, 0.717) is 24.1 Å². The summed E-state index contributed by atoms with van der Waals surface area (Å²) in [4.78, 5) is 12.4. The smallest absolute Gasteiger partial charge is 0.333 e. The van der Waals surface area contributed by atoms with Crippen LogP contribution in [-0.2, 0) is 20.6 Å². The zero-order valence-electron chi connectivity index (χ0n) is 21.7. The molecule has 3 atom stereocenters. The van der Waals surface area contributed by atoms with E-state index < -0.39 is 8.32 Å². The molecule has 1 aliphatic heterocycles. The van der Waals surface area contributed by atoms with Crippen LogP contribution in [0, 0.1) is 5.92 Å². The Labute approximate surface area is 202 Å². The van der Waals surface area contributed by atoms with Crippen molar-refractivity contribution in [3.63, 3.8) is 0 Å². The highest BCUT2D eigenvalue weighted by Crippen LogP contribution is 2.44. The monoisotopic (exact) mass is 471 g/mol. The topological polar surface area (TPSA) is 47.6 Å². The van der Waals surface area contributed by atoms with E-state index in [1.54, 1.807) is 0 Å². The first-order chi connectivity index (χ1) is 15.5. The van der Waals surface area contributed by atoms with Gasteiger partial charge in [0.15, 0.2) is 8.32 Å². The average Bonchev–Trinajstić information content (AvgIpc) is 3.15. The standard InChI is InChI=1S/C28H45NO3Si/c1-22(26(30)31-20-23-12-8-7-9-13-23)16-17-25-15-11-19-28(29-25)18-10-14-24(28)21-32-33(5,6)27(2,3)4/h7-9,12-13,16,24-25,29H,10-11,14-15,17-21H2,1-6H3/b22-16+/t24-,25-,28+/m1/s1. The van der Waals surface area contributed by atoms with Crippen molar-refractivity contribution in [2.75, 3.05) is 6.61 Å². The molecule has 1 heterocycles. The number of carbonyl (C=O) groups is 1. The van der Waals surface area contributed by atoms with Gasteiger partial charge in [0.1, 0.15) is 6.61 Å². The molecule has 1 saturated carbocycles. The molecule has 1 aliphatic carbocycles. The van der Waals surface area contributed by atoms with Crippen LogP contribution in [-0.4, -0.2) is 32.5 Å². The number of hydrogen-bond acceptors (Lipinski definition) is 4. The van der Waals surface area contributed by atoms with Crippen LogP contribution in [0.2, 0.25) is 18.1 Å². The van der Waals surface area contributed by atoms with Crippen LogP contribution >= 0.6 is 0 Å². The minimum Gasteiger partial charge on any atom is -0.457 e. The molecule has 3 rings (SSSR count). The molecule has 0 aromatic heterocycles. The summed E-state index contributed by atoms with van der Waals surface area (Å²) in [5.41, 5.74) is 1.93. The molecule has 5 heteroatoms. The molecule has 0 radical (unpaired) electrons. The van der Waals surface area contributed by atoms with E-state index >= 15 is 0 Å². The van der Waals surface area contributed by atoms with Gasteiger partial charge in [-0.25, -0.2) is 4.79 Å². The Bertz CT molecular complexity index is 814. The second kappa shape index (κ2) is 10.9. The molecule has 0 bridgehead atoms. The summed E-state index contributed by atoms with van der Waals surface area (Å²) in [6, 6.07) is 10.3. The Morgan fingerprint density at radius 1 is 1.15 bits per heavy atom. The minimum absolute atomic E-state index is 0.209. The van der Waals surface area contributed by atoms with Gasteiger partial charge in [0.05, 0.1) is 0 Å². The van der Waals surface area contributed by atoms with Gasteiger partial charge in [-0.2, -0.15) is 0 Å². The maximum absolute atomic E-state index is 12.4. The van der Waals surface area contributed by atoms with Crippen LogP contribution in [0.15, 0.2) is 42.0 Å². The van der Waals surface area contributed by atoms with Gasteiger partial charge in [-0.1, -0.05) is 70.0 Å². The van der Waals surface area contributed by atoms with Crippen LogP contribution in [0.3, 0.4) is 0 Å². The largest absolute Gasteiger partial charge is 0.457 e. The molecule has 0 unspecified atom stereocenters. The lowest BCUT2D eigenvalue weighted by molar-refractivity contribution is -0.140. The van der Waals surface area contributed by atoms with E-state index in [2.05, 4.69) is 45.3 Å². The van der Waals surface area contributed by atoms with Crippen molar-refractivity contribution in [2.24, 2.45) is 5.92 Å². The fraction of sp³-hybridized carbons (Fsp3) is 0.679. The van der Waals surface area contributed by atoms with Crippen molar-refractivity contribution < 1.29 is 14.0 Å². The summed E-state index contributed by atoms with van der Waals surface area (Å²) in [6.07, 6.45) is 10.4. The lowest BCUT2D eigenvalue weighted by Gasteiger charge is -2.45. The van der Waals surface area contributed by atoms with E-state index in [1.165, 1.54) is 38.5 Å². The Hall–Kier alpha value is -1.43. The van der Waals surface area contributed by atoms with Gasteiger partial charge in [0, 0.05) is 23.8 Å².